The predicted molar refractivity (Wildman–Crippen MR) is 57.2 cm³/mol. The first kappa shape index (κ1) is 9.77. The van der Waals surface area contributed by atoms with E-state index >= 15 is 0 Å². The first-order valence-corrected chi connectivity index (χ1v) is 5.43. The minimum Gasteiger partial charge on any atom is -0.393 e. The Balaban J connectivity index is 1.92. The van der Waals surface area contributed by atoms with Crippen molar-refractivity contribution in [3.8, 4) is 0 Å². The molecule has 0 fully saturated rings. The van der Waals surface area contributed by atoms with Crippen LogP contribution in [0.15, 0.2) is 47.4 Å². The maximum atomic E-state index is 8.86. The molecule has 74 valence electrons. The average molecular weight is 208 g/mol. The Hall–Kier alpha value is -0.770. The highest BCUT2D eigenvalue weighted by Crippen LogP contribution is 2.28. The lowest BCUT2D eigenvalue weighted by atomic mass is 10.4. The quantitative estimate of drug-likeness (QED) is 0.771. The molecule has 1 aromatic rings. The third kappa shape index (κ3) is 2.38. The minimum absolute atomic E-state index is 0.0366. The molecule has 0 saturated heterocycles. The molecule has 1 N–H and O–H groups in total. The molecule has 1 heterocycles. The van der Waals surface area contributed by atoms with Gasteiger partial charge in [0.15, 0.2) is 0 Å². The summed E-state index contributed by atoms with van der Waals surface area (Å²) in [6.07, 6.45) is 3.76. The van der Waals surface area contributed by atoms with Crippen LogP contribution in [0.4, 0.5) is 0 Å². The van der Waals surface area contributed by atoms with Crippen molar-refractivity contribution in [2.75, 3.05) is 6.61 Å². The van der Waals surface area contributed by atoms with Gasteiger partial charge in [0.25, 0.3) is 0 Å². The van der Waals surface area contributed by atoms with Crippen LogP contribution in [0.2, 0.25) is 0 Å². The van der Waals surface area contributed by atoms with Crippen molar-refractivity contribution in [2.45, 2.75) is 16.4 Å². The Labute approximate surface area is 87.6 Å². The molecule has 0 amide bonds. The Morgan fingerprint density at radius 3 is 2.64 bits per heavy atom. The second-order valence-electron chi connectivity index (χ2n) is 3.04. The average Bonchev–Trinajstić information content (AvgIpc) is 2.67. The smallest absolute Gasteiger partial charge is 0.126 e. The summed E-state index contributed by atoms with van der Waals surface area (Å²) in [4.78, 5) is 1.18. The molecule has 0 aromatic heterocycles. The van der Waals surface area contributed by atoms with E-state index in [1.807, 2.05) is 42.5 Å². The molecule has 0 bridgehead atoms. The van der Waals surface area contributed by atoms with Gasteiger partial charge in [-0.15, -0.1) is 0 Å². The van der Waals surface area contributed by atoms with Gasteiger partial charge in [0.05, 0.1) is 6.61 Å². The fourth-order valence-corrected chi connectivity index (χ4v) is 2.23. The molecule has 1 aliphatic rings. The van der Waals surface area contributed by atoms with Gasteiger partial charge in [0, 0.05) is 4.90 Å². The summed E-state index contributed by atoms with van der Waals surface area (Å²) in [7, 11) is 0. The molecule has 0 saturated carbocycles. The molecule has 1 aromatic carbocycles. The van der Waals surface area contributed by atoms with Gasteiger partial charge in [-0.05, 0) is 18.2 Å². The Morgan fingerprint density at radius 2 is 2.00 bits per heavy atom. The summed E-state index contributed by atoms with van der Waals surface area (Å²) in [5, 5.41) is 8.86. The van der Waals surface area contributed by atoms with Crippen LogP contribution in [0, 0.1) is 0 Å². The molecule has 2 atom stereocenters. The zero-order valence-electron chi connectivity index (χ0n) is 7.67. The second-order valence-corrected chi connectivity index (χ2v) is 4.21. The van der Waals surface area contributed by atoms with E-state index in [0.29, 0.717) is 0 Å². The van der Waals surface area contributed by atoms with Gasteiger partial charge < -0.3 is 9.84 Å². The van der Waals surface area contributed by atoms with E-state index in [0.717, 1.165) is 0 Å². The van der Waals surface area contributed by atoms with Crippen LogP contribution in [0.25, 0.3) is 0 Å². The molecule has 0 spiro atoms. The van der Waals surface area contributed by atoms with E-state index in [2.05, 4.69) is 0 Å². The molecule has 1 unspecified atom stereocenters. The highest BCUT2D eigenvalue weighted by Gasteiger charge is 2.18. The van der Waals surface area contributed by atoms with E-state index in [4.69, 9.17) is 9.84 Å². The van der Waals surface area contributed by atoms with E-state index in [1.165, 1.54) is 4.90 Å². The first-order valence-electron chi connectivity index (χ1n) is 4.55. The molecule has 2 nitrogen and oxygen atoms in total. The number of thioether (sulfide) groups is 1. The van der Waals surface area contributed by atoms with Crippen LogP contribution >= 0.6 is 11.8 Å². The van der Waals surface area contributed by atoms with Crippen molar-refractivity contribution >= 4 is 11.8 Å². The number of aliphatic hydroxyl groups is 1. The molecule has 0 aliphatic carbocycles. The lowest BCUT2D eigenvalue weighted by molar-refractivity contribution is 0.0612. The molecule has 0 radical (unpaired) electrons. The van der Waals surface area contributed by atoms with Crippen molar-refractivity contribution in [1.82, 2.24) is 0 Å². The van der Waals surface area contributed by atoms with Gasteiger partial charge in [-0.3, -0.25) is 0 Å². The van der Waals surface area contributed by atoms with Crippen molar-refractivity contribution in [2.24, 2.45) is 0 Å². The van der Waals surface area contributed by atoms with Gasteiger partial charge in [0.1, 0.15) is 11.5 Å². The molecule has 1 aliphatic heterocycles. The van der Waals surface area contributed by atoms with Gasteiger partial charge in [-0.2, -0.15) is 0 Å². The maximum absolute atomic E-state index is 8.86. The standard InChI is InChI=1S/C11H12O2S/c12-8-9-6-7-11(13-9)14-10-4-2-1-3-5-10/h1-7,9,11-12H,8H2/t9-,11?/m0/s1. The molecule has 3 heteroatoms. The fourth-order valence-electron chi connectivity index (χ4n) is 1.28. The zero-order valence-corrected chi connectivity index (χ0v) is 8.48. The van der Waals surface area contributed by atoms with Crippen LogP contribution in [0.3, 0.4) is 0 Å². The Morgan fingerprint density at radius 1 is 1.21 bits per heavy atom. The summed E-state index contributed by atoms with van der Waals surface area (Å²) in [5.41, 5.74) is 0.0366. The highest BCUT2D eigenvalue weighted by atomic mass is 32.2. The number of rotatable bonds is 3. The van der Waals surface area contributed by atoms with Crippen LogP contribution in [0.5, 0.6) is 0 Å². The number of ether oxygens (including phenoxy) is 1. The Bertz CT molecular complexity index is 310. The van der Waals surface area contributed by atoms with E-state index in [-0.39, 0.29) is 18.1 Å². The topological polar surface area (TPSA) is 29.5 Å². The third-order valence-corrected chi connectivity index (χ3v) is 3.01. The number of aliphatic hydroxyl groups excluding tert-OH is 1. The van der Waals surface area contributed by atoms with Gasteiger partial charge >= 0.3 is 0 Å². The summed E-state index contributed by atoms with van der Waals surface area (Å²) >= 11 is 1.65. The number of hydrogen-bond acceptors (Lipinski definition) is 3. The van der Waals surface area contributed by atoms with Crippen LogP contribution in [-0.4, -0.2) is 23.3 Å². The normalized spacial score (nSPS) is 25.5. The van der Waals surface area contributed by atoms with E-state index in [9.17, 15) is 0 Å². The van der Waals surface area contributed by atoms with Gasteiger partial charge in [0.2, 0.25) is 0 Å². The summed E-state index contributed by atoms with van der Waals surface area (Å²) in [6.45, 7) is 0.0579. The Kier molecular flexibility index (Phi) is 3.24. The highest BCUT2D eigenvalue weighted by molar-refractivity contribution is 8.00. The van der Waals surface area contributed by atoms with Crippen molar-refractivity contribution in [1.29, 1.82) is 0 Å². The molecular weight excluding hydrogens is 196 g/mol. The minimum atomic E-state index is -0.129. The predicted octanol–water partition coefficient (Wildman–Crippen LogP) is 2.05. The van der Waals surface area contributed by atoms with E-state index in [1.54, 1.807) is 11.8 Å². The largest absolute Gasteiger partial charge is 0.393 e. The van der Waals surface area contributed by atoms with Gasteiger partial charge in [-0.25, -0.2) is 0 Å². The number of benzene rings is 1. The zero-order chi connectivity index (χ0) is 9.80. The van der Waals surface area contributed by atoms with Crippen LogP contribution < -0.4 is 0 Å². The lowest BCUT2D eigenvalue weighted by Gasteiger charge is -2.11. The van der Waals surface area contributed by atoms with Crippen molar-refractivity contribution in [3.63, 3.8) is 0 Å². The van der Waals surface area contributed by atoms with Crippen molar-refractivity contribution in [3.05, 3.63) is 42.5 Å². The van der Waals surface area contributed by atoms with E-state index < -0.39 is 0 Å². The van der Waals surface area contributed by atoms with Gasteiger partial charge in [-0.1, -0.05) is 36.0 Å². The fraction of sp³-hybridized carbons (Fsp3) is 0.273. The summed E-state index contributed by atoms with van der Waals surface area (Å²) < 4.78 is 5.52. The monoisotopic (exact) mass is 208 g/mol. The molecule has 2 rings (SSSR count). The maximum Gasteiger partial charge on any atom is 0.126 e. The summed E-state index contributed by atoms with van der Waals surface area (Å²) in [6, 6.07) is 10.1. The molecule has 14 heavy (non-hydrogen) atoms. The number of hydrogen-bond donors (Lipinski definition) is 1. The van der Waals surface area contributed by atoms with Crippen LogP contribution in [-0.2, 0) is 4.74 Å². The summed E-state index contributed by atoms with van der Waals surface area (Å²) in [5.74, 6) is 0. The third-order valence-electron chi connectivity index (χ3n) is 1.97. The SMILES string of the molecule is OC[C@@H]1C=CC(Sc2ccccc2)O1. The van der Waals surface area contributed by atoms with Crippen molar-refractivity contribution < 1.29 is 9.84 Å². The second kappa shape index (κ2) is 4.64. The van der Waals surface area contributed by atoms with Crippen LogP contribution in [0.1, 0.15) is 0 Å². The first-order chi connectivity index (χ1) is 6.88. The molecular formula is C11H12O2S. The lowest BCUT2D eigenvalue weighted by Crippen LogP contribution is -2.13.